The molecule has 13 heteroatoms. The zero-order valence-corrected chi connectivity index (χ0v) is 19.2. The van der Waals surface area contributed by atoms with Crippen molar-refractivity contribution in [2.75, 3.05) is 18.4 Å². The van der Waals surface area contributed by atoms with Gasteiger partial charge in [-0.1, -0.05) is 0 Å². The average Bonchev–Trinajstić information content (AvgIpc) is 3.35. The van der Waals surface area contributed by atoms with Gasteiger partial charge in [0.2, 0.25) is 21.9 Å². The van der Waals surface area contributed by atoms with Gasteiger partial charge in [0, 0.05) is 26.3 Å². The SMILES string of the molecule is Cn1cc(S(=O)(=O)N2CC[C@@H](Nc3ncc(C#N)c(O[C@H]4CCC[C@@]4(C)O)n3)[C@@H](F)C2)cn1. The molecule has 2 aromatic heterocycles. The van der Waals surface area contributed by atoms with E-state index in [0.717, 1.165) is 10.7 Å². The number of sulfonamides is 1. The van der Waals surface area contributed by atoms with Gasteiger partial charge < -0.3 is 15.2 Å². The molecule has 1 saturated carbocycles. The van der Waals surface area contributed by atoms with E-state index in [0.29, 0.717) is 12.8 Å². The number of aryl methyl sites for hydroxylation is 1. The molecule has 1 aliphatic heterocycles. The highest BCUT2D eigenvalue weighted by molar-refractivity contribution is 7.89. The second-order valence-corrected chi connectivity index (χ2v) is 10.6. The van der Waals surface area contributed by atoms with Gasteiger partial charge in [-0.2, -0.15) is 19.6 Å². The molecule has 4 atom stereocenters. The highest BCUT2D eigenvalue weighted by Gasteiger charge is 2.40. The van der Waals surface area contributed by atoms with Gasteiger partial charge in [0.05, 0.1) is 24.0 Å². The Labute approximate surface area is 191 Å². The Hall–Kier alpha value is -2.82. The maximum atomic E-state index is 14.9. The fourth-order valence-electron chi connectivity index (χ4n) is 4.14. The van der Waals surface area contributed by atoms with Crippen LogP contribution in [0.3, 0.4) is 0 Å². The van der Waals surface area contributed by atoms with E-state index in [1.807, 2.05) is 6.07 Å². The summed E-state index contributed by atoms with van der Waals surface area (Å²) in [4.78, 5) is 8.32. The summed E-state index contributed by atoms with van der Waals surface area (Å²) in [5.74, 6) is 0.0898. The molecule has 178 valence electrons. The van der Waals surface area contributed by atoms with Gasteiger partial charge in [-0.25, -0.2) is 17.8 Å². The molecule has 0 amide bonds. The topological polar surface area (TPSA) is 146 Å². The summed E-state index contributed by atoms with van der Waals surface area (Å²) in [7, 11) is -2.23. The Balaban J connectivity index is 1.45. The van der Waals surface area contributed by atoms with E-state index in [-0.39, 0.29) is 41.8 Å². The van der Waals surface area contributed by atoms with Crippen LogP contribution in [-0.2, 0) is 17.1 Å². The molecule has 2 aliphatic rings. The van der Waals surface area contributed by atoms with Crippen LogP contribution in [-0.4, -0.2) is 74.6 Å². The molecular formula is C20H26FN7O4S. The van der Waals surface area contributed by atoms with Crippen molar-refractivity contribution in [2.24, 2.45) is 7.05 Å². The summed E-state index contributed by atoms with van der Waals surface area (Å²) in [6.45, 7) is 1.47. The lowest BCUT2D eigenvalue weighted by molar-refractivity contribution is -0.0271. The molecule has 2 aromatic rings. The Bertz CT molecular complexity index is 1160. The number of nitrogens with one attached hydrogen (secondary N) is 1. The fraction of sp³-hybridized carbons (Fsp3) is 0.600. The molecule has 33 heavy (non-hydrogen) atoms. The van der Waals surface area contributed by atoms with Gasteiger partial charge in [0.25, 0.3) is 0 Å². The minimum atomic E-state index is -3.84. The Kier molecular flexibility index (Phi) is 6.26. The maximum Gasteiger partial charge on any atom is 0.246 e. The zero-order chi connectivity index (χ0) is 23.8. The van der Waals surface area contributed by atoms with Crippen LogP contribution in [0.2, 0.25) is 0 Å². The van der Waals surface area contributed by atoms with Crippen molar-refractivity contribution in [1.29, 1.82) is 5.26 Å². The first-order valence-electron chi connectivity index (χ1n) is 10.7. The molecule has 0 unspecified atom stereocenters. The predicted molar refractivity (Wildman–Crippen MR) is 115 cm³/mol. The number of nitriles is 1. The zero-order valence-electron chi connectivity index (χ0n) is 18.3. The third-order valence-corrected chi connectivity index (χ3v) is 7.93. The molecule has 1 aliphatic carbocycles. The van der Waals surface area contributed by atoms with Crippen molar-refractivity contribution >= 4 is 16.0 Å². The summed E-state index contributed by atoms with van der Waals surface area (Å²) in [6, 6.07) is 1.24. The minimum absolute atomic E-state index is 0.0172. The molecule has 2 fully saturated rings. The highest BCUT2D eigenvalue weighted by Crippen LogP contribution is 2.33. The van der Waals surface area contributed by atoms with E-state index in [2.05, 4.69) is 20.4 Å². The summed E-state index contributed by atoms with van der Waals surface area (Å²) < 4.78 is 48.7. The van der Waals surface area contributed by atoms with E-state index in [4.69, 9.17) is 4.74 Å². The molecule has 0 radical (unpaired) electrons. The monoisotopic (exact) mass is 479 g/mol. The second-order valence-electron chi connectivity index (χ2n) is 8.65. The second kappa shape index (κ2) is 8.85. The highest BCUT2D eigenvalue weighted by atomic mass is 32.2. The van der Waals surface area contributed by atoms with E-state index in [1.54, 1.807) is 14.0 Å². The first kappa shape index (κ1) is 23.3. The standard InChI is InChI=1S/C20H26FN7O4S/c1-20(29)6-3-4-17(20)32-18-13(8-22)9-23-19(26-18)25-16-5-7-28(12-15(16)21)33(30,31)14-10-24-27(2)11-14/h9-11,15-17,29H,3-7,12H2,1-2H3,(H,23,25,26)/t15-,16+,17-,20+/m0/s1. The number of halogens is 1. The number of rotatable bonds is 6. The molecule has 3 heterocycles. The smallest absolute Gasteiger partial charge is 0.246 e. The van der Waals surface area contributed by atoms with E-state index in [9.17, 15) is 23.2 Å². The van der Waals surface area contributed by atoms with Gasteiger partial charge in [-0.3, -0.25) is 4.68 Å². The number of ether oxygens (including phenoxy) is 1. The van der Waals surface area contributed by atoms with Crippen LogP contribution in [0, 0.1) is 11.3 Å². The fourth-order valence-corrected chi connectivity index (χ4v) is 5.59. The van der Waals surface area contributed by atoms with Crippen LogP contribution >= 0.6 is 0 Å². The number of hydrogen-bond donors (Lipinski definition) is 2. The van der Waals surface area contributed by atoms with Crippen molar-refractivity contribution in [1.82, 2.24) is 24.1 Å². The lowest BCUT2D eigenvalue weighted by Crippen LogP contribution is -2.50. The minimum Gasteiger partial charge on any atom is -0.470 e. The quantitative estimate of drug-likeness (QED) is 0.619. The van der Waals surface area contributed by atoms with E-state index < -0.39 is 33.9 Å². The predicted octanol–water partition coefficient (Wildman–Crippen LogP) is 0.977. The third-order valence-electron chi connectivity index (χ3n) is 6.11. The van der Waals surface area contributed by atoms with E-state index >= 15 is 0 Å². The molecule has 2 N–H and O–H groups in total. The van der Waals surface area contributed by atoms with Crippen LogP contribution in [0.25, 0.3) is 0 Å². The summed E-state index contributed by atoms with van der Waals surface area (Å²) in [6.07, 6.45) is 4.06. The molecule has 4 rings (SSSR count). The van der Waals surface area contributed by atoms with Crippen LogP contribution in [0.5, 0.6) is 5.88 Å². The average molecular weight is 480 g/mol. The first-order valence-corrected chi connectivity index (χ1v) is 12.1. The Morgan fingerprint density at radius 3 is 2.79 bits per heavy atom. The van der Waals surface area contributed by atoms with Crippen molar-refractivity contribution in [3.8, 4) is 11.9 Å². The van der Waals surface area contributed by atoms with Crippen molar-refractivity contribution in [3.05, 3.63) is 24.2 Å². The summed E-state index contributed by atoms with van der Waals surface area (Å²) in [5.41, 5.74) is -0.917. The summed E-state index contributed by atoms with van der Waals surface area (Å²) >= 11 is 0. The van der Waals surface area contributed by atoms with Crippen LogP contribution in [0.15, 0.2) is 23.5 Å². The van der Waals surface area contributed by atoms with Crippen LogP contribution in [0.1, 0.15) is 38.2 Å². The number of nitrogens with zero attached hydrogens (tertiary/aromatic N) is 6. The summed E-state index contributed by atoms with van der Waals surface area (Å²) in [5, 5.41) is 26.6. The molecule has 1 saturated heterocycles. The first-order chi connectivity index (χ1) is 15.6. The maximum absolute atomic E-state index is 14.9. The lowest BCUT2D eigenvalue weighted by Gasteiger charge is -2.34. The van der Waals surface area contributed by atoms with E-state index in [1.165, 1.54) is 23.3 Å². The molecule has 0 bridgehead atoms. The molecule has 0 spiro atoms. The third kappa shape index (κ3) is 4.78. The Morgan fingerprint density at radius 2 is 2.18 bits per heavy atom. The van der Waals surface area contributed by atoms with Gasteiger partial charge in [-0.15, -0.1) is 0 Å². The Morgan fingerprint density at radius 1 is 1.39 bits per heavy atom. The number of piperidine rings is 1. The van der Waals surface area contributed by atoms with Gasteiger partial charge in [0.15, 0.2) is 0 Å². The van der Waals surface area contributed by atoms with Crippen LogP contribution < -0.4 is 10.1 Å². The molecule has 11 nitrogen and oxygen atoms in total. The number of aromatic nitrogens is 4. The van der Waals surface area contributed by atoms with Crippen molar-refractivity contribution < 1.29 is 22.7 Å². The van der Waals surface area contributed by atoms with Gasteiger partial charge in [-0.05, 0) is 32.6 Å². The van der Waals surface area contributed by atoms with Crippen LogP contribution in [0.4, 0.5) is 10.3 Å². The lowest BCUT2D eigenvalue weighted by atomic mass is 10.0. The number of anilines is 1. The molecule has 0 aromatic carbocycles. The normalized spacial score (nSPS) is 28.4. The van der Waals surface area contributed by atoms with Crippen molar-refractivity contribution in [2.45, 2.75) is 61.4 Å². The molecular weight excluding hydrogens is 453 g/mol. The number of alkyl halides is 1. The van der Waals surface area contributed by atoms with Gasteiger partial charge in [0.1, 0.15) is 28.8 Å². The van der Waals surface area contributed by atoms with Gasteiger partial charge >= 0.3 is 0 Å². The largest absolute Gasteiger partial charge is 0.470 e. The number of hydrogen-bond acceptors (Lipinski definition) is 9. The number of aliphatic hydroxyl groups is 1. The van der Waals surface area contributed by atoms with Crippen molar-refractivity contribution in [3.63, 3.8) is 0 Å².